The Hall–Kier alpha value is -3.22. The minimum absolute atomic E-state index is 0.111. The quantitative estimate of drug-likeness (QED) is 0.378. The van der Waals surface area contributed by atoms with Crippen LogP contribution in [0.4, 0.5) is 5.69 Å². The van der Waals surface area contributed by atoms with E-state index < -0.39 is 0 Å². The highest BCUT2D eigenvalue weighted by Crippen LogP contribution is 2.17. The van der Waals surface area contributed by atoms with Gasteiger partial charge in [0, 0.05) is 32.3 Å². The van der Waals surface area contributed by atoms with Crippen LogP contribution in [-0.4, -0.2) is 39.2 Å². The van der Waals surface area contributed by atoms with Crippen molar-refractivity contribution in [3.63, 3.8) is 0 Å². The Bertz CT molecular complexity index is 760. The van der Waals surface area contributed by atoms with Crippen LogP contribution in [0.5, 0.6) is 11.5 Å². The number of anilines is 1. The topological polar surface area (TPSA) is 84.0 Å². The molecule has 0 fully saturated rings. The van der Waals surface area contributed by atoms with Crippen molar-refractivity contribution < 1.29 is 14.3 Å². The summed E-state index contributed by atoms with van der Waals surface area (Å²) in [6.07, 6.45) is 0. The van der Waals surface area contributed by atoms with Crippen LogP contribution in [-0.2, 0) is 11.3 Å². The van der Waals surface area contributed by atoms with Crippen LogP contribution in [0, 0.1) is 0 Å². The summed E-state index contributed by atoms with van der Waals surface area (Å²) in [4.78, 5) is 15.3. The number of guanidine groups is 1. The maximum absolute atomic E-state index is 11.1. The molecule has 0 aliphatic heterocycles. The number of nitrogens with zero attached hydrogens (tertiary/aromatic N) is 1. The van der Waals surface area contributed by atoms with Gasteiger partial charge >= 0.3 is 0 Å². The lowest BCUT2D eigenvalue weighted by atomic mass is 10.2. The van der Waals surface area contributed by atoms with Crippen molar-refractivity contribution in [2.45, 2.75) is 13.5 Å². The largest absolute Gasteiger partial charge is 0.497 e. The number of hydrogen-bond donors (Lipinski definition) is 3. The molecule has 0 aliphatic carbocycles. The molecular weight excluding hydrogens is 344 g/mol. The molecule has 0 saturated heterocycles. The summed E-state index contributed by atoms with van der Waals surface area (Å²) in [6, 6.07) is 15.2. The molecule has 0 heterocycles. The summed E-state index contributed by atoms with van der Waals surface area (Å²) in [5.41, 5.74) is 1.84. The molecule has 2 rings (SSSR count). The van der Waals surface area contributed by atoms with Gasteiger partial charge in [0.1, 0.15) is 18.1 Å². The molecule has 0 spiro atoms. The molecule has 0 atom stereocenters. The lowest BCUT2D eigenvalue weighted by molar-refractivity contribution is -0.114. The van der Waals surface area contributed by atoms with Gasteiger partial charge in [-0.2, -0.15) is 0 Å². The summed E-state index contributed by atoms with van der Waals surface area (Å²) >= 11 is 0. The summed E-state index contributed by atoms with van der Waals surface area (Å²) < 4.78 is 10.9. The number of nitrogens with one attached hydrogen (secondary N) is 3. The van der Waals surface area contributed by atoms with E-state index >= 15 is 0 Å². The minimum Gasteiger partial charge on any atom is -0.497 e. The Kier molecular flexibility index (Phi) is 7.96. The number of rotatable bonds is 8. The number of hydrogen-bond acceptors (Lipinski definition) is 4. The van der Waals surface area contributed by atoms with E-state index in [9.17, 15) is 4.79 Å². The Morgan fingerprint density at radius 1 is 1.07 bits per heavy atom. The number of amides is 1. The number of carbonyl (C=O) groups excluding carboxylic acids is 1. The molecule has 2 aromatic rings. The van der Waals surface area contributed by atoms with Crippen molar-refractivity contribution in [2.75, 3.05) is 32.6 Å². The molecule has 3 N–H and O–H groups in total. The van der Waals surface area contributed by atoms with Crippen LogP contribution in [0.25, 0.3) is 0 Å². The zero-order chi connectivity index (χ0) is 19.5. The fourth-order valence-electron chi connectivity index (χ4n) is 2.36. The SMILES string of the molecule is CN=C(NCCOc1cccc(NC(C)=O)c1)NCc1ccc(OC)cc1. The summed E-state index contributed by atoms with van der Waals surface area (Å²) in [7, 11) is 3.37. The highest BCUT2D eigenvalue weighted by Gasteiger charge is 2.01. The van der Waals surface area contributed by atoms with Crippen molar-refractivity contribution in [2.24, 2.45) is 4.99 Å². The zero-order valence-electron chi connectivity index (χ0n) is 15.9. The number of benzene rings is 2. The van der Waals surface area contributed by atoms with Crippen molar-refractivity contribution >= 4 is 17.6 Å². The average molecular weight is 370 g/mol. The standard InChI is InChI=1S/C20H26N4O3/c1-15(25)24-17-5-4-6-19(13-17)27-12-11-22-20(21-2)23-14-16-7-9-18(26-3)10-8-16/h4-10,13H,11-12,14H2,1-3H3,(H,24,25)(H2,21,22,23). The van der Waals surface area contributed by atoms with Gasteiger partial charge in [0.15, 0.2) is 5.96 Å². The Balaban J connectivity index is 1.72. The van der Waals surface area contributed by atoms with E-state index in [1.165, 1.54) is 6.92 Å². The Morgan fingerprint density at radius 2 is 1.85 bits per heavy atom. The number of carbonyl (C=O) groups is 1. The monoisotopic (exact) mass is 370 g/mol. The molecule has 0 radical (unpaired) electrons. The van der Waals surface area contributed by atoms with E-state index in [4.69, 9.17) is 9.47 Å². The predicted octanol–water partition coefficient (Wildman–Crippen LogP) is 2.40. The molecular formula is C20H26N4O3. The van der Waals surface area contributed by atoms with E-state index in [-0.39, 0.29) is 5.91 Å². The third kappa shape index (κ3) is 7.27. The summed E-state index contributed by atoms with van der Waals surface area (Å²) in [5.74, 6) is 2.12. The van der Waals surface area contributed by atoms with Crippen LogP contribution in [0.3, 0.4) is 0 Å². The van der Waals surface area contributed by atoms with Crippen molar-refractivity contribution in [1.82, 2.24) is 10.6 Å². The summed E-state index contributed by atoms with van der Waals surface area (Å²) in [6.45, 7) is 3.19. The van der Waals surface area contributed by atoms with Crippen LogP contribution in [0.15, 0.2) is 53.5 Å². The molecule has 0 unspecified atom stereocenters. The second-order valence-electron chi connectivity index (χ2n) is 5.76. The van der Waals surface area contributed by atoms with Gasteiger partial charge < -0.3 is 25.4 Å². The van der Waals surface area contributed by atoms with E-state index in [1.54, 1.807) is 20.2 Å². The van der Waals surface area contributed by atoms with Crippen molar-refractivity contribution in [3.8, 4) is 11.5 Å². The lowest BCUT2D eigenvalue weighted by Gasteiger charge is -2.13. The van der Waals surface area contributed by atoms with E-state index in [2.05, 4.69) is 20.9 Å². The number of methoxy groups -OCH3 is 1. The van der Waals surface area contributed by atoms with Gasteiger partial charge in [-0.3, -0.25) is 9.79 Å². The van der Waals surface area contributed by atoms with Gasteiger partial charge in [0.2, 0.25) is 5.91 Å². The zero-order valence-corrected chi connectivity index (χ0v) is 15.9. The van der Waals surface area contributed by atoms with Crippen LogP contribution in [0.2, 0.25) is 0 Å². The Labute approximate surface area is 159 Å². The Morgan fingerprint density at radius 3 is 2.52 bits per heavy atom. The molecule has 0 bridgehead atoms. The first-order chi connectivity index (χ1) is 13.1. The fraction of sp³-hybridized carbons (Fsp3) is 0.300. The maximum atomic E-state index is 11.1. The predicted molar refractivity (Wildman–Crippen MR) is 107 cm³/mol. The second kappa shape index (κ2) is 10.7. The third-order valence-corrected chi connectivity index (χ3v) is 3.66. The van der Waals surface area contributed by atoms with Crippen LogP contribution >= 0.6 is 0 Å². The van der Waals surface area contributed by atoms with Gasteiger partial charge in [-0.05, 0) is 29.8 Å². The van der Waals surface area contributed by atoms with Gasteiger partial charge in [-0.1, -0.05) is 18.2 Å². The van der Waals surface area contributed by atoms with Crippen LogP contribution in [0.1, 0.15) is 12.5 Å². The smallest absolute Gasteiger partial charge is 0.221 e. The van der Waals surface area contributed by atoms with E-state index in [0.29, 0.717) is 37.1 Å². The number of aliphatic imine (C=N–C) groups is 1. The second-order valence-corrected chi connectivity index (χ2v) is 5.76. The molecule has 0 saturated carbocycles. The normalized spacial score (nSPS) is 10.9. The van der Waals surface area contributed by atoms with Gasteiger partial charge in [-0.25, -0.2) is 0 Å². The average Bonchev–Trinajstić information content (AvgIpc) is 2.67. The maximum Gasteiger partial charge on any atom is 0.221 e. The van der Waals surface area contributed by atoms with Crippen LogP contribution < -0.4 is 25.4 Å². The first-order valence-corrected chi connectivity index (χ1v) is 8.68. The molecule has 7 heteroatoms. The van der Waals surface area contributed by atoms with Gasteiger partial charge in [-0.15, -0.1) is 0 Å². The molecule has 2 aromatic carbocycles. The van der Waals surface area contributed by atoms with E-state index in [1.807, 2.05) is 42.5 Å². The molecule has 1 amide bonds. The molecule has 7 nitrogen and oxygen atoms in total. The van der Waals surface area contributed by atoms with Gasteiger partial charge in [0.05, 0.1) is 13.7 Å². The first-order valence-electron chi connectivity index (χ1n) is 8.68. The van der Waals surface area contributed by atoms with Gasteiger partial charge in [0.25, 0.3) is 0 Å². The highest BCUT2D eigenvalue weighted by atomic mass is 16.5. The van der Waals surface area contributed by atoms with Crippen molar-refractivity contribution in [3.05, 3.63) is 54.1 Å². The first kappa shape index (κ1) is 20.1. The minimum atomic E-state index is -0.111. The lowest BCUT2D eigenvalue weighted by Crippen LogP contribution is -2.38. The third-order valence-electron chi connectivity index (χ3n) is 3.66. The number of ether oxygens (including phenoxy) is 2. The fourth-order valence-corrected chi connectivity index (χ4v) is 2.36. The van der Waals surface area contributed by atoms with Crippen molar-refractivity contribution in [1.29, 1.82) is 0 Å². The molecule has 144 valence electrons. The highest BCUT2D eigenvalue weighted by molar-refractivity contribution is 5.88. The molecule has 0 aliphatic rings. The molecule has 27 heavy (non-hydrogen) atoms. The molecule has 0 aromatic heterocycles. The van der Waals surface area contributed by atoms with E-state index in [0.717, 1.165) is 11.3 Å². The summed E-state index contributed by atoms with van der Waals surface area (Å²) in [5, 5.41) is 9.18.